The van der Waals surface area contributed by atoms with E-state index in [0.717, 1.165) is 37.8 Å². The van der Waals surface area contributed by atoms with Crippen molar-refractivity contribution >= 4 is 29.1 Å². The molecule has 4 rings (SSSR count). The Balaban J connectivity index is 1.41. The SMILES string of the molecule is CCc1ccc(N2C[C@@H](C(=O)Nc3ccccc3C(=O)NC3CCCCC3)CC2=O)cc1. The number of nitrogens with zero attached hydrogens (tertiary/aromatic N) is 1. The van der Waals surface area contributed by atoms with E-state index in [1.54, 1.807) is 29.2 Å². The van der Waals surface area contributed by atoms with Crippen LogP contribution in [0.2, 0.25) is 0 Å². The lowest BCUT2D eigenvalue weighted by Crippen LogP contribution is -2.36. The number of nitrogens with one attached hydrogen (secondary N) is 2. The van der Waals surface area contributed by atoms with Gasteiger partial charge in [-0.05, 0) is 49.1 Å². The van der Waals surface area contributed by atoms with Gasteiger partial charge in [-0.2, -0.15) is 0 Å². The van der Waals surface area contributed by atoms with Gasteiger partial charge in [0, 0.05) is 24.7 Å². The van der Waals surface area contributed by atoms with Crippen molar-refractivity contribution < 1.29 is 14.4 Å². The molecule has 0 bridgehead atoms. The minimum Gasteiger partial charge on any atom is -0.349 e. The first-order valence-electron chi connectivity index (χ1n) is 11.6. The molecule has 0 radical (unpaired) electrons. The zero-order chi connectivity index (χ0) is 22.5. The van der Waals surface area contributed by atoms with Crippen LogP contribution in [-0.4, -0.2) is 30.3 Å². The molecular weight excluding hydrogens is 402 g/mol. The minimum atomic E-state index is -0.456. The molecule has 168 valence electrons. The zero-order valence-corrected chi connectivity index (χ0v) is 18.6. The third-order valence-electron chi connectivity index (χ3n) is 6.52. The Morgan fingerprint density at radius 2 is 1.72 bits per heavy atom. The highest BCUT2D eigenvalue weighted by Crippen LogP contribution is 2.27. The Morgan fingerprint density at radius 3 is 2.44 bits per heavy atom. The first-order chi connectivity index (χ1) is 15.5. The van der Waals surface area contributed by atoms with E-state index in [4.69, 9.17) is 0 Å². The van der Waals surface area contributed by atoms with Gasteiger partial charge in [-0.3, -0.25) is 14.4 Å². The third kappa shape index (κ3) is 5.01. The number of carbonyl (C=O) groups excluding carboxylic acids is 3. The van der Waals surface area contributed by atoms with Crippen LogP contribution in [0.1, 0.15) is 61.4 Å². The van der Waals surface area contributed by atoms with Crippen LogP contribution < -0.4 is 15.5 Å². The van der Waals surface area contributed by atoms with Gasteiger partial charge in [-0.1, -0.05) is 50.5 Å². The number of benzene rings is 2. The van der Waals surface area contributed by atoms with Crippen LogP contribution in [0.15, 0.2) is 48.5 Å². The average molecular weight is 434 g/mol. The second kappa shape index (κ2) is 9.98. The van der Waals surface area contributed by atoms with Gasteiger partial charge in [0.25, 0.3) is 5.91 Å². The van der Waals surface area contributed by atoms with Crippen LogP contribution in [-0.2, 0) is 16.0 Å². The number of para-hydroxylation sites is 1. The van der Waals surface area contributed by atoms with E-state index < -0.39 is 5.92 Å². The maximum Gasteiger partial charge on any atom is 0.253 e. The molecule has 32 heavy (non-hydrogen) atoms. The van der Waals surface area contributed by atoms with Gasteiger partial charge >= 0.3 is 0 Å². The number of hydrogen-bond donors (Lipinski definition) is 2. The number of carbonyl (C=O) groups is 3. The number of hydrogen-bond acceptors (Lipinski definition) is 3. The molecule has 2 aliphatic rings. The number of anilines is 2. The van der Waals surface area contributed by atoms with Crippen molar-refractivity contribution in [2.75, 3.05) is 16.8 Å². The lowest BCUT2D eigenvalue weighted by Gasteiger charge is -2.23. The van der Waals surface area contributed by atoms with E-state index in [1.807, 2.05) is 24.3 Å². The fourth-order valence-electron chi connectivity index (χ4n) is 4.58. The summed E-state index contributed by atoms with van der Waals surface area (Å²) in [4.78, 5) is 40.1. The van der Waals surface area contributed by atoms with Gasteiger partial charge in [-0.15, -0.1) is 0 Å². The quantitative estimate of drug-likeness (QED) is 0.713. The normalized spacial score (nSPS) is 19.1. The van der Waals surface area contributed by atoms with Gasteiger partial charge in [0.15, 0.2) is 0 Å². The standard InChI is InChI=1S/C26H31N3O3/c1-2-18-12-14-21(15-13-18)29-17-19(16-24(29)30)25(31)28-23-11-7-6-10-22(23)26(32)27-20-8-4-3-5-9-20/h6-7,10-15,19-20H,2-5,8-9,16-17H2,1H3,(H,27,32)(H,28,31)/t19-/m0/s1. The summed E-state index contributed by atoms with van der Waals surface area (Å²) in [6, 6.07) is 15.2. The number of rotatable bonds is 6. The highest BCUT2D eigenvalue weighted by atomic mass is 16.2. The summed E-state index contributed by atoms with van der Waals surface area (Å²) in [6.45, 7) is 2.43. The Bertz CT molecular complexity index is 980. The topological polar surface area (TPSA) is 78.5 Å². The molecule has 1 saturated heterocycles. The van der Waals surface area contributed by atoms with Crippen molar-refractivity contribution in [1.82, 2.24) is 5.32 Å². The highest BCUT2D eigenvalue weighted by molar-refractivity contribution is 6.07. The molecule has 1 aliphatic carbocycles. The third-order valence-corrected chi connectivity index (χ3v) is 6.52. The van der Waals surface area contributed by atoms with Crippen LogP contribution >= 0.6 is 0 Å². The van der Waals surface area contributed by atoms with E-state index in [-0.39, 0.29) is 30.2 Å². The number of amides is 3. The molecule has 2 aromatic carbocycles. The molecule has 1 heterocycles. The first-order valence-corrected chi connectivity index (χ1v) is 11.6. The Labute approximate surface area is 189 Å². The molecule has 0 unspecified atom stereocenters. The van der Waals surface area contributed by atoms with Gasteiger partial charge in [0.2, 0.25) is 11.8 Å². The summed E-state index contributed by atoms with van der Waals surface area (Å²) in [5.41, 5.74) is 2.97. The van der Waals surface area contributed by atoms with Crippen molar-refractivity contribution in [2.24, 2.45) is 5.92 Å². The average Bonchev–Trinajstić information content (AvgIpc) is 3.22. The van der Waals surface area contributed by atoms with Gasteiger partial charge < -0.3 is 15.5 Å². The fraction of sp³-hybridized carbons (Fsp3) is 0.423. The molecule has 0 spiro atoms. The van der Waals surface area contributed by atoms with Crippen molar-refractivity contribution in [3.8, 4) is 0 Å². The van der Waals surface area contributed by atoms with Crippen molar-refractivity contribution in [3.05, 3.63) is 59.7 Å². The van der Waals surface area contributed by atoms with Crippen LogP contribution in [0.4, 0.5) is 11.4 Å². The Hall–Kier alpha value is -3.15. The minimum absolute atomic E-state index is 0.0577. The predicted octanol–water partition coefficient (Wildman–Crippen LogP) is 4.30. The highest BCUT2D eigenvalue weighted by Gasteiger charge is 2.35. The van der Waals surface area contributed by atoms with Crippen molar-refractivity contribution in [2.45, 2.75) is 57.9 Å². The molecule has 1 saturated carbocycles. The molecule has 1 atom stereocenters. The van der Waals surface area contributed by atoms with E-state index in [1.165, 1.54) is 12.0 Å². The van der Waals surface area contributed by atoms with Crippen molar-refractivity contribution in [1.29, 1.82) is 0 Å². The molecule has 3 amide bonds. The summed E-state index contributed by atoms with van der Waals surface area (Å²) in [5.74, 6) is -0.905. The fourth-order valence-corrected chi connectivity index (χ4v) is 4.58. The van der Waals surface area contributed by atoms with E-state index in [2.05, 4.69) is 17.6 Å². The smallest absolute Gasteiger partial charge is 0.253 e. The molecular formula is C26H31N3O3. The second-order valence-electron chi connectivity index (χ2n) is 8.77. The molecule has 2 N–H and O–H groups in total. The first kappa shape index (κ1) is 22.1. The second-order valence-corrected chi connectivity index (χ2v) is 8.77. The summed E-state index contributed by atoms with van der Waals surface area (Å²) < 4.78 is 0. The van der Waals surface area contributed by atoms with Gasteiger partial charge in [-0.25, -0.2) is 0 Å². The molecule has 2 aromatic rings. The summed E-state index contributed by atoms with van der Waals surface area (Å²) in [5, 5.41) is 6.01. The lowest BCUT2D eigenvalue weighted by atomic mass is 9.95. The molecule has 1 aliphatic heterocycles. The Morgan fingerprint density at radius 1 is 1.00 bits per heavy atom. The largest absolute Gasteiger partial charge is 0.349 e. The summed E-state index contributed by atoms with van der Waals surface area (Å²) in [6.07, 6.45) is 6.59. The van der Waals surface area contributed by atoms with E-state index in [9.17, 15) is 14.4 Å². The molecule has 6 nitrogen and oxygen atoms in total. The Kier molecular flexibility index (Phi) is 6.88. The molecule has 2 fully saturated rings. The van der Waals surface area contributed by atoms with Crippen LogP contribution in [0.25, 0.3) is 0 Å². The van der Waals surface area contributed by atoms with Crippen molar-refractivity contribution in [3.63, 3.8) is 0 Å². The van der Waals surface area contributed by atoms with Crippen LogP contribution in [0.3, 0.4) is 0 Å². The molecule has 6 heteroatoms. The zero-order valence-electron chi connectivity index (χ0n) is 18.6. The lowest BCUT2D eigenvalue weighted by molar-refractivity contribution is -0.122. The maximum absolute atomic E-state index is 13.0. The van der Waals surface area contributed by atoms with Crippen LogP contribution in [0, 0.1) is 5.92 Å². The maximum atomic E-state index is 13.0. The van der Waals surface area contributed by atoms with E-state index in [0.29, 0.717) is 17.8 Å². The molecule has 0 aromatic heterocycles. The van der Waals surface area contributed by atoms with Gasteiger partial charge in [0.05, 0.1) is 17.2 Å². The van der Waals surface area contributed by atoms with E-state index >= 15 is 0 Å². The summed E-state index contributed by atoms with van der Waals surface area (Å²) >= 11 is 0. The van der Waals surface area contributed by atoms with Crippen LogP contribution in [0.5, 0.6) is 0 Å². The summed E-state index contributed by atoms with van der Waals surface area (Å²) in [7, 11) is 0. The van der Waals surface area contributed by atoms with Gasteiger partial charge in [0.1, 0.15) is 0 Å². The number of aryl methyl sites for hydroxylation is 1. The predicted molar refractivity (Wildman–Crippen MR) is 126 cm³/mol. The monoisotopic (exact) mass is 433 g/mol.